The maximum absolute atomic E-state index is 5.15. The molecule has 3 heterocycles. The van der Waals surface area contributed by atoms with Crippen LogP contribution in [0.1, 0.15) is 5.76 Å². The van der Waals surface area contributed by atoms with Gasteiger partial charge in [-0.1, -0.05) is 53.7 Å². The third kappa shape index (κ3) is 3.68. The van der Waals surface area contributed by atoms with Crippen LogP contribution < -0.4 is 10.6 Å². The number of nitrogens with zero attached hydrogens (tertiary/aromatic N) is 4. The average Bonchev–Trinajstić information content (AvgIpc) is 3.19. The van der Waals surface area contributed by atoms with Crippen LogP contribution in [0.3, 0.4) is 0 Å². The Balaban J connectivity index is 1.57. The van der Waals surface area contributed by atoms with Crippen LogP contribution >= 0.6 is 0 Å². The van der Waals surface area contributed by atoms with Crippen molar-refractivity contribution in [2.75, 3.05) is 10.6 Å². The average molecular weight is 394 g/mol. The quantitative estimate of drug-likeness (QED) is 0.408. The summed E-state index contributed by atoms with van der Waals surface area (Å²) in [5, 5.41) is 11.6. The summed E-state index contributed by atoms with van der Waals surface area (Å²) >= 11 is 0. The molecule has 0 amide bonds. The van der Waals surface area contributed by atoms with Gasteiger partial charge in [-0.15, -0.1) is 0 Å². The normalized spacial score (nSPS) is 10.8. The molecule has 0 saturated heterocycles. The van der Waals surface area contributed by atoms with Crippen LogP contribution in [0.2, 0.25) is 0 Å². The number of fused-ring (bicyclic) bond motifs is 1. The van der Waals surface area contributed by atoms with E-state index in [1.165, 1.54) is 0 Å². The van der Waals surface area contributed by atoms with Crippen molar-refractivity contribution < 1.29 is 4.52 Å². The molecule has 2 N–H and O–H groups in total. The Kier molecular flexibility index (Phi) is 4.53. The van der Waals surface area contributed by atoms with E-state index in [1.807, 2.05) is 79.7 Å². The van der Waals surface area contributed by atoms with Gasteiger partial charge in [-0.25, -0.2) is 9.97 Å². The van der Waals surface area contributed by atoms with Crippen molar-refractivity contribution in [3.63, 3.8) is 0 Å². The number of para-hydroxylation sites is 1. The lowest BCUT2D eigenvalue weighted by Crippen LogP contribution is -2.02. The Hall–Kier alpha value is -4.26. The van der Waals surface area contributed by atoms with Gasteiger partial charge in [-0.3, -0.25) is 4.98 Å². The second-order valence-corrected chi connectivity index (χ2v) is 6.78. The molecule has 5 rings (SSSR count). The Morgan fingerprint density at radius 1 is 0.767 bits per heavy atom. The molecule has 146 valence electrons. The summed E-state index contributed by atoms with van der Waals surface area (Å²) in [6.45, 7) is 1.84. The van der Waals surface area contributed by atoms with E-state index >= 15 is 0 Å². The van der Waals surface area contributed by atoms with Crippen LogP contribution in [0.5, 0.6) is 0 Å². The van der Waals surface area contributed by atoms with Gasteiger partial charge in [0.15, 0.2) is 11.6 Å². The molecule has 0 atom stereocenters. The number of nitrogens with one attached hydrogen (secondary N) is 2. The van der Waals surface area contributed by atoms with Gasteiger partial charge in [0.25, 0.3) is 0 Å². The molecule has 0 saturated carbocycles. The first-order valence-corrected chi connectivity index (χ1v) is 9.50. The first kappa shape index (κ1) is 17.8. The van der Waals surface area contributed by atoms with Crippen molar-refractivity contribution in [3.05, 3.63) is 84.8 Å². The van der Waals surface area contributed by atoms with Crippen LogP contribution in [-0.2, 0) is 0 Å². The number of pyridine rings is 1. The van der Waals surface area contributed by atoms with E-state index in [2.05, 4.69) is 25.8 Å². The fourth-order valence-electron chi connectivity index (χ4n) is 3.19. The van der Waals surface area contributed by atoms with Gasteiger partial charge in [-0.05, 0) is 19.1 Å². The summed E-state index contributed by atoms with van der Waals surface area (Å²) in [7, 11) is 0. The van der Waals surface area contributed by atoms with E-state index in [-0.39, 0.29) is 0 Å². The Bertz CT molecular complexity index is 1310. The van der Waals surface area contributed by atoms with Gasteiger partial charge in [0.1, 0.15) is 17.4 Å². The zero-order chi connectivity index (χ0) is 20.3. The molecular formula is C23H18N6O. The highest BCUT2D eigenvalue weighted by molar-refractivity contribution is 5.91. The molecule has 30 heavy (non-hydrogen) atoms. The second kappa shape index (κ2) is 7.63. The Morgan fingerprint density at radius 3 is 2.37 bits per heavy atom. The monoisotopic (exact) mass is 394 g/mol. The lowest BCUT2D eigenvalue weighted by atomic mass is 10.2. The predicted octanol–water partition coefficient (Wildman–Crippen LogP) is 5.48. The first-order chi connectivity index (χ1) is 14.7. The smallest absolute Gasteiger partial charge is 0.175 e. The van der Waals surface area contributed by atoms with E-state index in [9.17, 15) is 0 Å². The summed E-state index contributed by atoms with van der Waals surface area (Å²) in [4.78, 5) is 13.9. The summed E-state index contributed by atoms with van der Waals surface area (Å²) in [5.41, 5.74) is 2.66. The largest absolute Gasteiger partial charge is 0.360 e. The van der Waals surface area contributed by atoms with Crippen LogP contribution in [0, 0.1) is 6.92 Å². The van der Waals surface area contributed by atoms with E-state index in [4.69, 9.17) is 9.51 Å². The lowest BCUT2D eigenvalue weighted by Gasteiger charge is -2.12. The summed E-state index contributed by atoms with van der Waals surface area (Å²) in [6.07, 6.45) is 1.78. The highest BCUT2D eigenvalue weighted by atomic mass is 16.5. The maximum Gasteiger partial charge on any atom is 0.175 e. The lowest BCUT2D eigenvalue weighted by molar-refractivity contribution is 0.400. The van der Waals surface area contributed by atoms with Crippen molar-refractivity contribution in [2.24, 2.45) is 0 Å². The Morgan fingerprint density at radius 2 is 1.57 bits per heavy atom. The molecule has 7 nitrogen and oxygen atoms in total. The van der Waals surface area contributed by atoms with Crippen LogP contribution in [0.15, 0.2) is 83.5 Å². The molecule has 0 bridgehead atoms. The van der Waals surface area contributed by atoms with Crippen LogP contribution in [0.25, 0.3) is 22.3 Å². The van der Waals surface area contributed by atoms with Crippen molar-refractivity contribution in [1.29, 1.82) is 0 Å². The van der Waals surface area contributed by atoms with Crippen LogP contribution in [0.4, 0.5) is 23.1 Å². The Labute approximate surface area is 172 Å². The van der Waals surface area contributed by atoms with Crippen molar-refractivity contribution in [1.82, 2.24) is 20.1 Å². The molecule has 5 aromatic rings. The molecule has 3 aromatic heterocycles. The van der Waals surface area contributed by atoms with E-state index < -0.39 is 0 Å². The molecule has 0 fully saturated rings. The number of aryl methyl sites for hydroxylation is 1. The van der Waals surface area contributed by atoms with Gasteiger partial charge in [-0.2, -0.15) is 0 Å². The molecule has 0 radical (unpaired) electrons. The summed E-state index contributed by atoms with van der Waals surface area (Å²) in [6, 6.07) is 23.4. The minimum Gasteiger partial charge on any atom is -0.360 e. The topological polar surface area (TPSA) is 88.8 Å². The highest BCUT2D eigenvalue weighted by Crippen LogP contribution is 2.27. The number of hydrogen-bond acceptors (Lipinski definition) is 7. The van der Waals surface area contributed by atoms with Gasteiger partial charge in [0.05, 0.1) is 11.2 Å². The fraction of sp³-hybridized carbons (Fsp3) is 0.0435. The summed E-state index contributed by atoms with van der Waals surface area (Å²) in [5.74, 6) is 3.15. The SMILES string of the molecule is Cc1cc(Nc2cc(Nc3cccc4cccnc34)nc(-c3ccccc3)n2)no1. The van der Waals surface area contributed by atoms with Gasteiger partial charge in [0, 0.05) is 29.3 Å². The molecule has 0 unspecified atom stereocenters. The van der Waals surface area contributed by atoms with Crippen molar-refractivity contribution >= 4 is 34.0 Å². The fourth-order valence-corrected chi connectivity index (χ4v) is 3.19. The first-order valence-electron chi connectivity index (χ1n) is 9.50. The van der Waals surface area contributed by atoms with Crippen molar-refractivity contribution in [3.8, 4) is 11.4 Å². The zero-order valence-electron chi connectivity index (χ0n) is 16.2. The van der Waals surface area contributed by atoms with Crippen molar-refractivity contribution in [2.45, 2.75) is 6.92 Å². The molecule has 2 aromatic carbocycles. The second-order valence-electron chi connectivity index (χ2n) is 6.78. The third-order valence-electron chi connectivity index (χ3n) is 4.54. The number of aromatic nitrogens is 4. The van der Waals surface area contributed by atoms with E-state index in [0.29, 0.717) is 23.3 Å². The molecule has 0 aliphatic rings. The van der Waals surface area contributed by atoms with Gasteiger partial charge in [0.2, 0.25) is 0 Å². The van der Waals surface area contributed by atoms with Gasteiger partial charge >= 0.3 is 0 Å². The van der Waals surface area contributed by atoms with Gasteiger partial charge < -0.3 is 15.2 Å². The zero-order valence-corrected chi connectivity index (χ0v) is 16.2. The molecule has 7 heteroatoms. The summed E-state index contributed by atoms with van der Waals surface area (Å²) < 4.78 is 5.15. The van der Waals surface area contributed by atoms with E-state index in [0.717, 1.165) is 27.9 Å². The number of anilines is 4. The molecule has 0 aliphatic heterocycles. The maximum atomic E-state index is 5.15. The number of benzene rings is 2. The predicted molar refractivity (Wildman–Crippen MR) is 117 cm³/mol. The third-order valence-corrected chi connectivity index (χ3v) is 4.54. The highest BCUT2D eigenvalue weighted by Gasteiger charge is 2.11. The number of rotatable bonds is 5. The standard InChI is InChI=1S/C23H18N6O/c1-15-13-21(29-30-15)26-20-14-19(27-23(28-20)17-7-3-2-4-8-17)25-18-11-5-9-16-10-6-12-24-22(16)18/h2-14H,1H3,(H2,25,26,27,28,29). The van der Waals surface area contributed by atoms with Crippen LogP contribution in [-0.4, -0.2) is 20.1 Å². The van der Waals surface area contributed by atoms with E-state index in [1.54, 1.807) is 6.20 Å². The molecule has 0 spiro atoms. The molecule has 0 aliphatic carbocycles. The minimum atomic E-state index is 0.586. The minimum absolute atomic E-state index is 0.586. The molecular weight excluding hydrogens is 376 g/mol. The number of hydrogen-bond donors (Lipinski definition) is 2.